The lowest BCUT2D eigenvalue weighted by Gasteiger charge is -2.41. The average molecular weight is 425 g/mol. The number of alkyl halides is 1. The molecule has 2 aliphatic rings. The Morgan fingerprint density at radius 3 is 2.37 bits per heavy atom. The summed E-state index contributed by atoms with van der Waals surface area (Å²) in [6.07, 6.45) is 3.76. The summed E-state index contributed by atoms with van der Waals surface area (Å²) in [5.74, 6) is -1.64. The van der Waals surface area contributed by atoms with Crippen molar-refractivity contribution in [2.75, 3.05) is 39.3 Å². The van der Waals surface area contributed by atoms with Crippen LogP contribution >= 0.6 is 0 Å². The summed E-state index contributed by atoms with van der Waals surface area (Å²) in [5, 5.41) is 9.47. The number of rotatable bonds is 7. The number of carbonyl (C=O) groups excluding carboxylic acids is 2. The zero-order chi connectivity index (χ0) is 22.4. The van der Waals surface area contributed by atoms with Gasteiger partial charge in [0, 0.05) is 44.8 Å². The highest BCUT2D eigenvalue weighted by Gasteiger charge is 2.35. The number of hydrogen-bond acceptors (Lipinski definition) is 5. The van der Waals surface area contributed by atoms with E-state index in [4.69, 9.17) is 0 Å². The molecule has 0 aliphatic carbocycles. The van der Waals surface area contributed by atoms with Gasteiger partial charge < -0.3 is 14.9 Å². The molecule has 0 aromatic heterocycles. The predicted octanol–water partition coefficient (Wildman–Crippen LogP) is 0.953. The lowest BCUT2D eigenvalue weighted by Crippen LogP contribution is -2.59. The molecule has 0 aromatic rings. The number of halogens is 1. The van der Waals surface area contributed by atoms with Gasteiger partial charge in [0.15, 0.2) is 6.30 Å². The first-order chi connectivity index (χ1) is 14.1. The maximum absolute atomic E-state index is 14.2. The summed E-state index contributed by atoms with van der Waals surface area (Å²) in [6.45, 7) is 11.4. The van der Waals surface area contributed by atoms with Crippen molar-refractivity contribution in [2.24, 2.45) is 0 Å². The smallest absolute Gasteiger partial charge is 0.327 e. The summed E-state index contributed by atoms with van der Waals surface area (Å²) in [4.78, 5) is 42.4. The van der Waals surface area contributed by atoms with Gasteiger partial charge in [-0.2, -0.15) is 0 Å². The van der Waals surface area contributed by atoms with Crippen LogP contribution in [0.4, 0.5) is 4.39 Å². The highest BCUT2D eigenvalue weighted by molar-refractivity contribution is 5.91. The third kappa shape index (κ3) is 5.89. The standard InChI is InChI=1S/C21H33FN4O4/c1-5-19(27)26-12-9-23(13-17(26)21(29)30)16(4)7-6-8-20(28)24-10-11-25(15(2)3)18(22)14-24/h5-6,8,15-18H,1,7,9-14H2,2-4H3,(H,29,30)/b8-6+. The first-order valence-electron chi connectivity index (χ1n) is 10.4. The molecule has 0 bridgehead atoms. The number of nitrogens with zero attached hydrogens (tertiary/aromatic N) is 4. The highest BCUT2D eigenvalue weighted by Crippen LogP contribution is 2.17. The largest absolute Gasteiger partial charge is 0.480 e. The highest BCUT2D eigenvalue weighted by atomic mass is 19.1. The molecule has 2 aliphatic heterocycles. The molecule has 168 valence electrons. The van der Waals surface area contributed by atoms with Crippen LogP contribution in [-0.2, 0) is 14.4 Å². The maximum Gasteiger partial charge on any atom is 0.327 e. The third-order valence-electron chi connectivity index (χ3n) is 5.85. The van der Waals surface area contributed by atoms with Crippen LogP contribution in [0.25, 0.3) is 0 Å². The first kappa shape index (κ1) is 24.0. The van der Waals surface area contributed by atoms with E-state index in [9.17, 15) is 23.9 Å². The van der Waals surface area contributed by atoms with E-state index in [0.29, 0.717) is 32.6 Å². The normalized spacial score (nSPS) is 25.0. The number of amides is 2. The Morgan fingerprint density at radius 2 is 1.80 bits per heavy atom. The molecule has 3 atom stereocenters. The number of carboxylic acids is 1. The Balaban J connectivity index is 1.86. The van der Waals surface area contributed by atoms with E-state index in [0.717, 1.165) is 6.08 Å². The Kier molecular flexibility index (Phi) is 8.54. The minimum Gasteiger partial charge on any atom is -0.480 e. The molecule has 0 saturated carbocycles. The minimum absolute atomic E-state index is 0.00333. The van der Waals surface area contributed by atoms with Gasteiger partial charge in [0.25, 0.3) is 0 Å². The van der Waals surface area contributed by atoms with Crippen molar-refractivity contribution in [1.29, 1.82) is 0 Å². The zero-order valence-corrected chi connectivity index (χ0v) is 18.0. The second kappa shape index (κ2) is 10.7. The fraction of sp³-hybridized carbons (Fsp3) is 0.667. The van der Waals surface area contributed by atoms with Crippen LogP contribution in [0.2, 0.25) is 0 Å². The number of carboxylic acid groups (broad SMARTS) is 1. The van der Waals surface area contributed by atoms with Crippen molar-refractivity contribution < 1.29 is 23.9 Å². The lowest BCUT2D eigenvalue weighted by atomic mass is 10.1. The molecule has 8 nitrogen and oxygen atoms in total. The van der Waals surface area contributed by atoms with E-state index in [1.54, 1.807) is 11.0 Å². The van der Waals surface area contributed by atoms with Crippen LogP contribution in [0.15, 0.2) is 24.8 Å². The van der Waals surface area contributed by atoms with Gasteiger partial charge in [-0.3, -0.25) is 19.4 Å². The van der Waals surface area contributed by atoms with Gasteiger partial charge in [0.1, 0.15) is 6.04 Å². The van der Waals surface area contributed by atoms with Crippen LogP contribution in [0.1, 0.15) is 27.2 Å². The Hall–Kier alpha value is -2.26. The van der Waals surface area contributed by atoms with Crippen molar-refractivity contribution >= 4 is 17.8 Å². The quantitative estimate of drug-likeness (QED) is 0.484. The molecule has 0 aromatic carbocycles. The average Bonchev–Trinajstić information content (AvgIpc) is 2.71. The maximum atomic E-state index is 14.2. The van der Waals surface area contributed by atoms with Crippen LogP contribution in [0, 0.1) is 0 Å². The van der Waals surface area contributed by atoms with Crippen LogP contribution < -0.4 is 0 Å². The van der Waals surface area contributed by atoms with E-state index >= 15 is 0 Å². The first-order valence-corrected chi connectivity index (χ1v) is 10.4. The van der Waals surface area contributed by atoms with Gasteiger partial charge in [-0.1, -0.05) is 12.7 Å². The van der Waals surface area contributed by atoms with Gasteiger partial charge in [0.2, 0.25) is 11.8 Å². The molecular weight excluding hydrogens is 391 g/mol. The van der Waals surface area contributed by atoms with Gasteiger partial charge in [-0.25, -0.2) is 9.18 Å². The summed E-state index contributed by atoms with van der Waals surface area (Å²) in [7, 11) is 0. The molecule has 2 fully saturated rings. The summed E-state index contributed by atoms with van der Waals surface area (Å²) in [6, 6.07) is -0.815. The summed E-state index contributed by atoms with van der Waals surface area (Å²) < 4.78 is 14.2. The second-order valence-electron chi connectivity index (χ2n) is 8.12. The molecule has 2 amide bonds. The molecule has 30 heavy (non-hydrogen) atoms. The lowest BCUT2D eigenvalue weighted by molar-refractivity contribution is -0.152. The molecule has 0 spiro atoms. The predicted molar refractivity (Wildman–Crippen MR) is 111 cm³/mol. The van der Waals surface area contributed by atoms with E-state index in [1.165, 1.54) is 15.9 Å². The summed E-state index contributed by atoms with van der Waals surface area (Å²) >= 11 is 0. The van der Waals surface area contributed by atoms with Crippen molar-refractivity contribution in [2.45, 2.75) is 51.6 Å². The van der Waals surface area contributed by atoms with E-state index < -0.39 is 18.3 Å². The molecule has 3 unspecified atom stereocenters. The number of hydrogen-bond donors (Lipinski definition) is 1. The molecule has 0 radical (unpaired) electrons. The van der Waals surface area contributed by atoms with Gasteiger partial charge in [-0.15, -0.1) is 0 Å². The topological polar surface area (TPSA) is 84.4 Å². The third-order valence-corrected chi connectivity index (χ3v) is 5.85. The van der Waals surface area contributed by atoms with Crippen molar-refractivity contribution in [3.8, 4) is 0 Å². The van der Waals surface area contributed by atoms with Crippen molar-refractivity contribution in [3.63, 3.8) is 0 Å². The summed E-state index contributed by atoms with van der Waals surface area (Å²) in [5.41, 5.74) is 0. The Labute approximate surface area is 177 Å². The molecule has 1 N–H and O–H groups in total. The fourth-order valence-electron chi connectivity index (χ4n) is 3.95. The molecule has 9 heteroatoms. The van der Waals surface area contributed by atoms with E-state index in [1.807, 2.05) is 25.7 Å². The SMILES string of the molecule is C=CC(=O)N1CCN(C(C)C/C=C/C(=O)N2CCN(C(C)C)C(F)C2)CC1C(=O)O. The van der Waals surface area contributed by atoms with Crippen LogP contribution in [0.5, 0.6) is 0 Å². The number of aliphatic carboxylic acids is 1. The minimum atomic E-state index is -1.16. The fourth-order valence-corrected chi connectivity index (χ4v) is 3.95. The molecule has 2 heterocycles. The van der Waals surface area contributed by atoms with E-state index in [-0.39, 0.29) is 37.0 Å². The monoisotopic (exact) mass is 424 g/mol. The molecule has 2 rings (SSSR count). The number of carbonyl (C=O) groups is 3. The Morgan fingerprint density at radius 1 is 1.10 bits per heavy atom. The van der Waals surface area contributed by atoms with E-state index in [2.05, 4.69) is 6.58 Å². The van der Waals surface area contributed by atoms with Crippen LogP contribution in [0.3, 0.4) is 0 Å². The molecule has 2 saturated heterocycles. The van der Waals surface area contributed by atoms with Gasteiger partial charge in [0.05, 0.1) is 6.54 Å². The van der Waals surface area contributed by atoms with Crippen LogP contribution in [-0.4, -0.2) is 106 Å². The molecular formula is C21H33FN4O4. The van der Waals surface area contributed by atoms with Crippen molar-refractivity contribution in [3.05, 3.63) is 24.8 Å². The van der Waals surface area contributed by atoms with Gasteiger partial charge >= 0.3 is 5.97 Å². The van der Waals surface area contributed by atoms with Gasteiger partial charge in [-0.05, 0) is 39.3 Å². The Bertz CT molecular complexity index is 684. The zero-order valence-electron chi connectivity index (χ0n) is 18.0. The second-order valence-corrected chi connectivity index (χ2v) is 8.12. The van der Waals surface area contributed by atoms with Crippen molar-refractivity contribution in [1.82, 2.24) is 19.6 Å². The number of piperazine rings is 2.